The third-order valence-corrected chi connectivity index (χ3v) is 5.31. The van der Waals surface area contributed by atoms with Gasteiger partial charge in [-0.1, -0.05) is 12.1 Å². The Morgan fingerprint density at radius 1 is 1.30 bits per heavy atom. The molecule has 0 saturated carbocycles. The van der Waals surface area contributed by atoms with Crippen molar-refractivity contribution in [1.82, 2.24) is 15.2 Å². The quantitative estimate of drug-likeness (QED) is 0.897. The molecule has 1 aromatic carbocycles. The van der Waals surface area contributed by atoms with Crippen molar-refractivity contribution in [3.8, 4) is 0 Å². The smallest absolute Gasteiger partial charge is 0.222 e. The highest BCUT2D eigenvalue weighted by Crippen LogP contribution is 2.38. The molecule has 1 aromatic heterocycles. The summed E-state index contributed by atoms with van der Waals surface area (Å²) in [6.45, 7) is 2.53. The Morgan fingerprint density at radius 3 is 2.96 bits per heavy atom. The number of pyridine rings is 1. The number of nitrogens with one attached hydrogen (secondary N) is 1. The van der Waals surface area contributed by atoms with E-state index in [0.717, 1.165) is 11.6 Å². The molecule has 142 valence electrons. The molecule has 1 spiro atoms. The minimum Gasteiger partial charge on any atom is -0.378 e. The van der Waals surface area contributed by atoms with Crippen LogP contribution in [0.3, 0.4) is 0 Å². The van der Waals surface area contributed by atoms with Gasteiger partial charge in [-0.2, -0.15) is 0 Å². The highest BCUT2D eigenvalue weighted by Gasteiger charge is 2.49. The van der Waals surface area contributed by atoms with E-state index in [-0.39, 0.29) is 11.8 Å². The lowest BCUT2D eigenvalue weighted by Gasteiger charge is -2.34. The fourth-order valence-corrected chi connectivity index (χ4v) is 4.10. The van der Waals surface area contributed by atoms with Gasteiger partial charge in [-0.15, -0.1) is 0 Å². The van der Waals surface area contributed by atoms with Crippen LogP contribution in [0, 0.1) is 11.6 Å². The third kappa shape index (κ3) is 3.70. The summed E-state index contributed by atoms with van der Waals surface area (Å²) in [5.74, 6) is -2.04. The molecule has 2 aromatic rings. The van der Waals surface area contributed by atoms with Crippen molar-refractivity contribution < 1.29 is 18.3 Å². The van der Waals surface area contributed by atoms with E-state index in [1.54, 1.807) is 18.5 Å². The first-order valence-electron chi connectivity index (χ1n) is 9.01. The van der Waals surface area contributed by atoms with E-state index >= 15 is 0 Å². The van der Waals surface area contributed by atoms with Crippen LogP contribution in [0.25, 0.3) is 0 Å². The van der Waals surface area contributed by atoms with E-state index in [1.165, 1.54) is 6.07 Å². The van der Waals surface area contributed by atoms with Crippen molar-refractivity contribution in [3.05, 3.63) is 65.5 Å². The number of carbonyl (C=O) groups excluding carboxylic acids is 1. The monoisotopic (exact) mass is 373 g/mol. The minimum atomic E-state index is -0.880. The second-order valence-electron chi connectivity index (χ2n) is 7.26. The predicted octanol–water partition coefficient (Wildman–Crippen LogP) is 2.23. The van der Waals surface area contributed by atoms with Gasteiger partial charge in [0.15, 0.2) is 11.6 Å². The molecule has 2 aliphatic heterocycles. The Morgan fingerprint density at radius 2 is 2.19 bits per heavy atom. The van der Waals surface area contributed by atoms with Gasteiger partial charge in [0.2, 0.25) is 5.91 Å². The van der Waals surface area contributed by atoms with Gasteiger partial charge in [0.25, 0.3) is 0 Å². The number of ether oxygens (including phenoxy) is 1. The lowest BCUT2D eigenvalue weighted by atomic mass is 9.82. The van der Waals surface area contributed by atoms with Crippen molar-refractivity contribution in [2.45, 2.75) is 24.4 Å². The molecular weight excluding hydrogens is 352 g/mol. The number of likely N-dealkylation sites (tertiary alicyclic amines) is 1. The number of aromatic nitrogens is 1. The largest absolute Gasteiger partial charge is 0.378 e. The van der Waals surface area contributed by atoms with Crippen molar-refractivity contribution in [2.24, 2.45) is 0 Å². The summed E-state index contributed by atoms with van der Waals surface area (Å²) in [5, 5.41) is 3.12. The maximum absolute atomic E-state index is 13.9. The highest BCUT2D eigenvalue weighted by molar-refractivity contribution is 5.77. The van der Waals surface area contributed by atoms with Crippen LogP contribution in [-0.4, -0.2) is 47.6 Å². The molecule has 2 aliphatic rings. The van der Waals surface area contributed by atoms with Crippen LogP contribution in [0.2, 0.25) is 0 Å². The van der Waals surface area contributed by atoms with Gasteiger partial charge in [0.05, 0.1) is 18.8 Å². The normalized spacial score (nSPS) is 26.1. The zero-order valence-corrected chi connectivity index (χ0v) is 14.8. The van der Waals surface area contributed by atoms with Crippen LogP contribution in [0.5, 0.6) is 0 Å². The fraction of sp³-hybridized carbons (Fsp3) is 0.400. The van der Waals surface area contributed by atoms with Crippen molar-refractivity contribution in [1.29, 1.82) is 0 Å². The molecule has 1 amide bonds. The van der Waals surface area contributed by atoms with Gasteiger partial charge in [-0.3, -0.25) is 14.7 Å². The van der Waals surface area contributed by atoms with Crippen molar-refractivity contribution >= 4 is 5.91 Å². The second-order valence-corrected chi connectivity index (χ2v) is 7.26. The molecule has 4 rings (SSSR count). The van der Waals surface area contributed by atoms with Crippen LogP contribution in [0.4, 0.5) is 8.78 Å². The first-order chi connectivity index (χ1) is 13.1. The van der Waals surface area contributed by atoms with Gasteiger partial charge in [0, 0.05) is 44.4 Å². The highest BCUT2D eigenvalue weighted by atomic mass is 19.2. The Bertz CT molecular complexity index is 833. The van der Waals surface area contributed by atoms with Crippen LogP contribution in [0.1, 0.15) is 23.5 Å². The standard InChI is InChI=1S/C20H21F2N3O2/c21-17-4-3-15(8-18(17)22)16-11-25(10-14-2-1-6-23-9-14)12-20(16)13-27-7-5-19(26)24-20/h1-4,6,8-9,16H,5,7,10-13H2,(H,24,26)/t16-,20-/m0/s1. The summed E-state index contributed by atoms with van der Waals surface area (Å²) < 4.78 is 33.0. The van der Waals surface area contributed by atoms with Crippen LogP contribution >= 0.6 is 0 Å². The van der Waals surface area contributed by atoms with Gasteiger partial charge >= 0.3 is 0 Å². The molecule has 0 bridgehead atoms. The first kappa shape index (κ1) is 18.0. The van der Waals surface area contributed by atoms with E-state index in [0.29, 0.717) is 44.8 Å². The van der Waals surface area contributed by atoms with E-state index in [4.69, 9.17) is 4.74 Å². The number of rotatable bonds is 3. The maximum atomic E-state index is 13.9. The lowest BCUT2D eigenvalue weighted by molar-refractivity contribution is -0.122. The van der Waals surface area contributed by atoms with Crippen LogP contribution < -0.4 is 5.32 Å². The molecular formula is C20H21F2N3O2. The summed E-state index contributed by atoms with van der Waals surface area (Å²) >= 11 is 0. The Kier molecular flexibility index (Phi) is 4.88. The Hall–Kier alpha value is -2.38. The van der Waals surface area contributed by atoms with Gasteiger partial charge < -0.3 is 10.1 Å². The predicted molar refractivity (Wildman–Crippen MR) is 94.9 cm³/mol. The number of carbonyl (C=O) groups is 1. The summed E-state index contributed by atoms with van der Waals surface area (Å²) in [6, 6.07) is 7.83. The molecule has 2 fully saturated rings. The molecule has 5 nitrogen and oxygen atoms in total. The molecule has 27 heavy (non-hydrogen) atoms. The zero-order chi connectivity index (χ0) is 18.9. The van der Waals surface area contributed by atoms with Crippen LogP contribution in [0.15, 0.2) is 42.7 Å². The van der Waals surface area contributed by atoms with E-state index in [1.807, 2.05) is 12.1 Å². The average molecular weight is 373 g/mol. The van der Waals surface area contributed by atoms with Gasteiger partial charge in [-0.25, -0.2) is 8.78 Å². The van der Waals surface area contributed by atoms with E-state index < -0.39 is 17.2 Å². The topological polar surface area (TPSA) is 54.5 Å². The number of halogens is 2. The molecule has 2 atom stereocenters. The fourth-order valence-electron chi connectivity index (χ4n) is 4.10. The lowest BCUT2D eigenvalue weighted by Crippen LogP contribution is -2.55. The SMILES string of the molecule is O=C1CCOC[C@]2(CN(Cc3cccnc3)C[C@H]2c2ccc(F)c(F)c2)N1. The minimum absolute atomic E-state index is 0.0803. The third-order valence-electron chi connectivity index (χ3n) is 5.31. The Balaban J connectivity index is 1.66. The first-order valence-corrected chi connectivity index (χ1v) is 9.01. The summed E-state index contributed by atoms with van der Waals surface area (Å²) in [5.41, 5.74) is 1.05. The molecule has 1 N–H and O–H groups in total. The number of nitrogens with zero attached hydrogens (tertiary/aromatic N) is 2. The summed E-state index contributed by atoms with van der Waals surface area (Å²) in [4.78, 5) is 18.6. The molecule has 0 unspecified atom stereocenters. The van der Waals surface area contributed by atoms with Gasteiger partial charge in [-0.05, 0) is 29.3 Å². The number of amides is 1. The van der Waals surface area contributed by atoms with Crippen molar-refractivity contribution in [2.75, 3.05) is 26.3 Å². The van der Waals surface area contributed by atoms with E-state index in [2.05, 4.69) is 15.2 Å². The number of hydrogen-bond acceptors (Lipinski definition) is 4. The summed E-state index contributed by atoms with van der Waals surface area (Å²) in [7, 11) is 0. The number of benzene rings is 1. The number of hydrogen-bond donors (Lipinski definition) is 1. The van der Waals surface area contributed by atoms with E-state index in [9.17, 15) is 13.6 Å². The molecule has 7 heteroatoms. The summed E-state index contributed by atoms with van der Waals surface area (Å²) in [6.07, 6.45) is 3.83. The zero-order valence-electron chi connectivity index (χ0n) is 14.8. The molecule has 0 aliphatic carbocycles. The average Bonchev–Trinajstić information content (AvgIpc) is 2.87. The Labute approximate surface area is 156 Å². The molecule has 2 saturated heterocycles. The van der Waals surface area contributed by atoms with Crippen molar-refractivity contribution in [3.63, 3.8) is 0 Å². The molecule has 0 radical (unpaired) electrons. The van der Waals surface area contributed by atoms with Crippen LogP contribution in [-0.2, 0) is 16.1 Å². The maximum Gasteiger partial charge on any atom is 0.222 e. The second kappa shape index (κ2) is 7.32. The van der Waals surface area contributed by atoms with Gasteiger partial charge in [0.1, 0.15) is 0 Å². The molecule has 3 heterocycles.